The van der Waals surface area contributed by atoms with Crippen molar-refractivity contribution in [3.05, 3.63) is 12.1 Å². The van der Waals surface area contributed by atoms with Gasteiger partial charge in [-0.25, -0.2) is 8.42 Å². The quantitative estimate of drug-likeness (QED) is 0.764. The second kappa shape index (κ2) is 7.24. The Kier molecular flexibility index (Phi) is 6.18. The van der Waals surface area contributed by atoms with Gasteiger partial charge in [-0.3, -0.25) is 0 Å². The average Bonchev–Trinajstić information content (AvgIpc) is 2.46. The number of methoxy groups -OCH3 is 2. The molecule has 0 saturated carbocycles. The van der Waals surface area contributed by atoms with E-state index >= 15 is 0 Å². The molecule has 6 nitrogen and oxygen atoms in total. The van der Waals surface area contributed by atoms with E-state index in [1.54, 1.807) is 18.8 Å². The van der Waals surface area contributed by atoms with Crippen LogP contribution in [-0.4, -0.2) is 52.0 Å². The second-order valence-electron chi connectivity index (χ2n) is 4.57. The first-order valence-corrected chi connectivity index (χ1v) is 9.11. The normalized spacial score (nSPS) is 13.2. The van der Waals surface area contributed by atoms with E-state index in [4.69, 9.17) is 15.2 Å². The molecule has 0 radical (unpaired) electrons. The van der Waals surface area contributed by atoms with E-state index in [1.165, 1.54) is 30.7 Å². The Hall–Kier alpha value is -1.12. The monoisotopic (exact) mass is 334 g/mol. The minimum absolute atomic E-state index is 0.0405. The van der Waals surface area contributed by atoms with Crippen LogP contribution in [-0.2, 0) is 10.0 Å². The lowest BCUT2D eigenvalue weighted by molar-refractivity contribution is 0.380. The molecule has 0 spiro atoms. The number of ether oxygens (including phenoxy) is 2. The number of hydrogen-bond acceptors (Lipinski definition) is 6. The zero-order chi connectivity index (χ0) is 16.2. The predicted octanol–water partition coefficient (Wildman–Crippen LogP) is 1.66. The van der Waals surface area contributed by atoms with Crippen LogP contribution in [0.1, 0.15) is 6.92 Å². The van der Waals surface area contributed by atoms with Crippen molar-refractivity contribution in [1.29, 1.82) is 0 Å². The van der Waals surface area contributed by atoms with Crippen molar-refractivity contribution < 1.29 is 17.9 Å². The summed E-state index contributed by atoms with van der Waals surface area (Å²) >= 11 is 1.59. The molecule has 0 bridgehead atoms. The number of anilines is 1. The van der Waals surface area contributed by atoms with Gasteiger partial charge in [0.1, 0.15) is 16.4 Å². The zero-order valence-electron chi connectivity index (χ0n) is 12.9. The molecular weight excluding hydrogens is 312 g/mol. The Labute approximate surface area is 130 Å². The van der Waals surface area contributed by atoms with E-state index in [2.05, 4.69) is 0 Å². The molecule has 1 rings (SSSR count). The fourth-order valence-corrected chi connectivity index (χ4v) is 4.16. The Morgan fingerprint density at radius 3 is 2.33 bits per heavy atom. The maximum Gasteiger partial charge on any atom is 0.246 e. The Balaban J connectivity index is 3.34. The summed E-state index contributed by atoms with van der Waals surface area (Å²) in [6.45, 7) is 1.85. The lowest BCUT2D eigenvalue weighted by atomic mass is 10.3. The van der Waals surface area contributed by atoms with Gasteiger partial charge < -0.3 is 15.2 Å². The minimum atomic E-state index is -3.69. The van der Waals surface area contributed by atoms with Crippen LogP contribution in [0.15, 0.2) is 17.0 Å². The van der Waals surface area contributed by atoms with Crippen LogP contribution in [0.5, 0.6) is 11.5 Å². The lowest BCUT2D eigenvalue weighted by Crippen LogP contribution is -2.36. The van der Waals surface area contributed by atoms with Gasteiger partial charge in [0, 0.05) is 24.9 Å². The highest BCUT2D eigenvalue weighted by Crippen LogP contribution is 2.35. The fraction of sp³-hybridized carbons (Fsp3) is 0.538. The lowest BCUT2D eigenvalue weighted by Gasteiger charge is -2.25. The topological polar surface area (TPSA) is 81.9 Å². The molecule has 0 amide bonds. The van der Waals surface area contributed by atoms with Crippen molar-refractivity contribution in [2.75, 3.05) is 39.0 Å². The van der Waals surface area contributed by atoms with Crippen LogP contribution < -0.4 is 15.2 Å². The first-order chi connectivity index (χ1) is 9.79. The van der Waals surface area contributed by atoms with E-state index in [0.29, 0.717) is 11.5 Å². The van der Waals surface area contributed by atoms with Gasteiger partial charge >= 0.3 is 0 Å². The maximum atomic E-state index is 12.7. The maximum absolute atomic E-state index is 12.7. The van der Waals surface area contributed by atoms with E-state index in [-0.39, 0.29) is 22.4 Å². The highest BCUT2D eigenvalue weighted by Gasteiger charge is 2.29. The highest BCUT2D eigenvalue weighted by molar-refractivity contribution is 7.98. The molecule has 120 valence electrons. The van der Waals surface area contributed by atoms with Crippen LogP contribution in [0.3, 0.4) is 0 Å². The summed E-state index contributed by atoms with van der Waals surface area (Å²) < 4.78 is 37.0. The molecule has 21 heavy (non-hydrogen) atoms. The van der Waals surface area contributed by atoms with Crippen LogP contribution in [0.2, 0.25) is 0 Å². The van der Waals surface area contributed by atoms with Crippen molar-refractivity contribution in [3.63, 3.8) is 0 Å². The minimum Gasteiger partial charge on any atom is -0.495 e. The molecule has 1 atom stereocenters. The van der Waals surface area contributed by atoms with Gasteiger partial charge in [0.2, 0.25) is 10.0 Å². The molecule has 0 heterocycles. The SMILES string of the molecule is COc1cc(OC)c(S(=O)(=O)N(C)C(C)CSC)cc1N. The summed E-state index contributed by atoms with van der Waals surface area (Å²) in [6, 6.07) is 2.71. The fourth-order valence-electron chi connectivity index (χ4n) is 1.83. The predicted molar refractivity (Wildman–Crippen MR) is 86.8 cm³/mol. The molecule has 1 aromatic rings. The molecule has 0 aliphatic carbocycles. The van der Waals surface area contributed by atoms with Gasteiger partial charge in [0.25, 0.3) is 0 Å². The van der Waals surface area contributed by atoms with Gasteiger partial charge in [-0.1, -0.05) is 0 Å². The molecule has 0 aromatic heterocycles. The smallest absolute Gasteiger partial charge is 0.246 e. The van der Waals surface area contributed by atoms with E-state index in [1.807, 2.05) is 13.2 Å². The Morgan fingerprint density at radius 1 is 1.29 bits per heavy atom. The molecule has 2 N–H and O–H groups in total. The number of nitrogens with zero attached hydrogens (tertiary/aromatic N) is 1. The van der Waals surface area contributed by atoms with Crippen LogP contribution in [0, 0.1) is 0 Å². The van der Waals surface area contributed by atoms with E-state index in [9.17, 15) is 8.42 Å². The summed E-state index contributed by atoms with van der Waals surface area (Å²) in [4.78, 5) is 0.0405. The van der Waals surface area contributed by atoms with Crippen molar-refractivity contribution >= 4 is 27.5 Å². The van der Waals surface area contributed by atoms with Crippen molar-refractivity contribution in [2.45, 2.75) is 17.9 Å². The molecule has 1 unspecified atom stereocenters. The third-order valence-electron chi connectivity index (χ3n) is 3.20. The van der Waals surface area contributed by atoms with Gasteiger partial charge in [-0.05, 0) is 19.2 Å². The molecule has 0 saturated heterocycles. The summed E-state index contributed by atoms with van der Waals surface area (Å²) in [6.07, 6.45) is 1.93. The van der Waals surface area contributed by atoms with Crippen molar-refractivity contribution in [2.24, 2.45) is 0 Å². The summed E-state index contributed by atoms with van der Waals surface area (Å²) in [5, 5.41) is 0. The third kappa shape index (κ3) is 3.75. The first-order valence-electron chi connectivity index (χ1n) is 6.28. The number of thioether (sulfide) groups is 1. The molecular formula is C13H22N2O4S2. The standard InChI is InChI=1S/C13H22N2O4S2/c1-9(8-20-5)15(2)21(16,17)13-6-10(14)11(18-3)7-12(13)19-4/h6-7,9H,8,14H2,1-5H3. The van der Waals surface area contributed by atoms with Gasteiger partial charge in [0.05, 0.1) is 19.9 Å². The second-order valence-corrected chi connectivity index (χ2v) is 7.45. The summed E-state index contributed by atoms with van der Waals surface area (Å²) in [7, 11) is 0.737. The number of nitrogens with two attached hydrogens (primary N) is 1. The first kappa shape index (κ1) is 17.9. The Bertz CT molecular complexity index is 590. The highest BCUT2D eigenvalue weighted by atomic mass is 32.2. The number of rotatable bonds is 7. The average molecular weight is 334 g/mol. The molecule has 0 aliphatic heterocycles. The number of sulfonamides is 1. The van der Waals surface area contributed by atoms with Crippen molar-refractivity contribution in [1.82, 2.24) is 4.31 Å². The van der Waals surface area contributed by atoms with Gasteiger partial charge in [-0.15, -0.1) is 0 Å². The largest absolute Gasteiger partial charge is 0.495 e. The molecule has 8 heteroatoms. The number of benzene rings is 1. The summed E-state index contributed by atoms with van der Waals surface area (Å²) in [5.41, 5.74) is 6.07. The van der Waals surface area contributed by atoms with Crippen LogP contribution >= 0.6 is 11.8 Å². The van der Waals surface area contributed by atoms with Gasteiger partial charge in [-0.2, -0.15) is 16.1 Å². The molecule has 0 fully saturated rings. The molecule has 0 aliphatic rings. The van der Waals surface area contributed by atoms with Gasteiger partial charge in [0.15, 0.2) is 0 Å². The molecule has 1 aromatic carbocycles. The summed E-state index contributed by atoms with van der Waals surface area (Å²) in [5.74, 6) is 1.29. The van der Waals surface area contributed by atoms with Crippen molar-refractivity contribution in [3.8, 4) is 11.5 Å². The third-order valence-corrected chi connectivity index (χ3v) is 6.01. The van der Waals surface area contributed by atoms with Crippen LogP contribution in [0.4, 0.5) is 5.69 Å². The Morgan fingerprint density at radius 2 is 1.86 bits per heavy atom. The zero-order valence-corrected chi connectivity index (χ0v) is 14.5. The number of hydrogen-bond donors (Lipinski definition) is 1. The van der Waals surface area contributed by atoms with E-state index in [0.717, 1.165) is 0 Å². The van der Waals surface area contributed by atoms with E-state index < -0.39 is 10.0 Å². The van der Waals surface area contributed by atoms with Crippen LogP contribution in [0.25, 0.3) is 0 Å². The number of nitrogen functional groups attached to an aromatic ring is 1.